The van der Waals surface area contributed by atoms with Gasteiger partial charge in [0.25, 0.3) is 0 Å². The maximum atomic E-state index is 11.9. The molecule has 0 radical (unpaired) electrons. The van der Waals surface area contributed by atoms with Gasteiger partial charge in [0.15, 0.2) is 0 Å². The second-order valence-electron chi connectivity index (χ2n) is 4.48. The molecule has 1 rings (SSSR count). The molecule has 4 nitrogen and oxygen atoms in total. The lowest BCUT2D eigenvalue weighted by Crippen LogP contribution is -2.24. The van der Waals surface area contributed by atoms with E-state index < -0.39 is 11.6 Å². The summed E-state index contributed by atoms with van der Waals surface area (Å²) in [7, 11) is 1.43. The van der Waals surface area contributed by atoms with E-state index in [1.165, 1.54) is 7.11 Å². The minimum atomic E-state index is -0.628. The van der Waals surface area contributed by atoms with Gasteiger partial charge in [-0.3, -0.25) is 0 Å². The van der Waals surface area contributed by atoms with Crippen LogP contribution in [0.5, 0.6) is 11.5 Å². The molecule has 0 atom stereocenters. The number of phenols is 1. The van der Waals surface area contributed by atoms with E-state index in [0.717, 1.165) is 0 Å². The number of methoxy groups -OCH3 is 1. The van der Waals surface area contributed by atoms with Crippen molar-refractivity contribution in [3.8, 4) is 11.5 Å². The topological polar surface area (TPSA) is 55.8 Å². The van der Waals surface area contributed by atoms with Crippen molar-refractivity contribution in [3.63, 3.8) is 0 Å². The highest BCUT2D eigenvalue weighted by Gasteiger charge is 2.25. The summed E-state index contributed by atoms with van der Waals surface area (Å²) in [4.78, 5) is 11.9. The van der Waals surface area contributed by atoms with E-state index in [2.05, 4.69) is 15.9 Å². The Morgan fingerprint density at radius 1 is 1.35 bits per heavy atom. The average molecular weight is 303 g/mol. The van der Waals surface area contributed by atoms with Gasteiger partial charge in [0, 0.05) is 0 Å². The van der Waals surface area contributed by atoms with Gasteiger partial charge in [0.2, 0.25) is 0 Å². The summed E-state index contributed by atoms with van der Waals surface area (Å²) in [6.45, 7) is 5.27. The fraction of sp³-hybridized carbons (Fsp3) is 0.417. The van der Waals surface area contributed by atoms with Gasteiger partial charge >= 0.3 is 5.97 Å². The number of hydrogen-bond donors (Lipinski definition) is 1. The van der Waals surface area contributed by atoms with Crippen LogP contribution >= 0.6 is 15.9 Å². The Hall–Kier alpha value is -1.23. The summed E-state index contributed by atoms with van der Waals surface area (Å²) in [6.07, 6.45) is 0. The monoisotopic (exact) mass is 302 g/mol. The van der Waals surface area contributed by atoms with E-state index in [1.807, 2.05) is 0 Å². The number of carbonyl (C=O) groups excluding carboxylic acids is 1. The van der Waals surface area contributed by atoms with Crippen molar-refractivity contribution in [2.45, 2.75) is 26.4 Å². The number of aromatic hydroxyl groups is 1. The van der Waals surface area contributed by atoms with Crippen molar-refractivity contribution >= 4 is 21.9 Å². The molecule has 0 spiro atoms. The number of ether oxygens (including phenoxy) is 2. The third kappa shape index (κ3) is 3.36. The first-order valence-corrected chi connectivity index (χ1v) is 5.84. The summed E-state index contributed by atoms with van der Waals surface area (Å²) >= 11 is 3.14. The Morgan fingerprint density at radius 3 is 2.41 bits per heavy atom. The predicted molar refractivity (Wildman–Crippen MR) is 67.5 cm³/mol. The fourth-order valence-electron chi connectivity index (χ4n) is 1.24. The molecule has 1 N–H and O–H groups in total. The third-order valence-corrected chi connectivity index (χ3v) is 2.55. The zero-order valence-corrected chi connectivity index (χ0v) is 11.8. The second kappa shape index (κ2) is 4.96. The Balaban J connectivity index is 3.20. The number of carbonyl (C=O) groups is 1. The molecule has 0 unspecified atom stereocenters. The van der Waals surface area contributed by atoms with Gasteiger partial charge in [0.05, 0.1) is 11.6 Å². The average Bonchev–Trinajstić information content (AvgIpc) is 2.19. The standard InChI is InChI=1S/C12H15BrO4/c1-12(2,3)17-11(15)9-8(16-4)6-5-7(13)10(9)14/h5-6,14H,1-4H3. The number of esters is 1. The molecule has 0 aromatic heterocycles. The van der Waals surface area contributed by atoms with Crippen molar-refractivity contribution < 1.29 is 19.4 Å². The van der Waals surface area contributed by atoms with Crippen LogP contribution in [0.4, 0.5) is 0 Å². The molecule has 1 aromatic carbocycles. The number of phenolic OH excluding ortho intramolecular Hbond substituents is 1. The molecule has 17 heavy (non-hydrogen) atoms. The minimum absolute atomic E-state index is 0.0248. The SMILES string of the molecule is COc1ccc(Br)c(O)c1C(=O)OC(C)(C)C. The number of halogens is 1. The zero-order valence-electron chi connectivity index (χ0n) is 10.2. The lowest BCUT2D eigenvalue weighted by molar-refractivity contribution is 0.00636. The zero-order chi connectivity index (χ0) is 13.2. The lowest BCUT2D eigenvalue weighted by Gasteiger charge is -2.20. The van der Waals surface area contributed by atoms with Gasteiger partial charge in [-0.05, 0) is 48.8 Å². The molecular formula is C12H15BrO4. The summed E-state index contributed by atoms with van der Waals surface area (Å²) in [5.41, 5.74) is -0.603. The maximum absolute atomic E-state index is 11.9. The molecule has 0 saturated heterocycles. The van der Waals surface area contributed by atoms with E-state index in [4.69, 9.17) is 9.47 Å². The first-order chi connectivity index (χ1) is 7.76. The highest BCUT2D eigenvalue weighted by molar-refractivity contribution is 9.10. The molecular weight excluding hydrogens is 288 g/mol. The van der Waals surface area contributed by atoms with Crippen LogP contribution in [-0.2, 0) is 4.74 Å². The number of hydrogen-bond acceptors (Lipinski definition) is 4. The van der Waals surface area contributed by atoms with E-state index in [9.17, 15) is 9.90 Å². The normalized spacial score (nSPS) is 11.1. The van der Waals surface area contributed by atoms with Crippen molar-refractivity contribution in [1.82, 2.24) is 0 Å². The van der Waals surface area contributed by atoms with Crippen molar-refractivity contribution in [3.05, 3.63) is 22.2 Å². The number of rotatable bonds is 2. The van der Waals surface area contributed by atoms with Crippen molar-refractivity contribution in [1.29, 1.82) is 0 Å². The van der Waals surface area contributed by atoms with Gasteiger partial charge in [-0.15, -0.1) is 0 Å². The number of benzene rings is 1. The van der Waals surface area contributed by atoms with Crippen LogP contribution in [0.15, 0.2) is 16.6 Å². The quantitative estimate of drug-likeness (QED) is 0.853. The third-order valence-electron chi connectivity index (χ3n) is 1.91. The summed E-state index contributed by atoms with van der Waals surface area (Å²) in [5.74, 6) is -0.522. The first-order valence-electron chi connectivity index (χ1n) is 5.05. The van der Waals surface area contributed by atoms with Gasteiger partial charge < -0.3 is 14.6 Å². The molecule has 0 aliphatic carbocycles. The van der Waals surface area contributed by atoms with Crippen LogP contribution < -0.4 is 4.74 Å². The summed E-state index contributed by atoms with van der Waals surface area (Å²) < 4.78 is 10.7. The van der Waals surface area contributed by atoms with E-state index >= 15 is 0 Å². The second-order valence-corrected chi connectivity index (χ2v) is 5.33. The van der Waals surface area contributed by atoms with Gasteiger partial charge in [0.1, 0.15) is 22.7 Å². The van der Waals surface area contributed by atoms with Crippen LogP contribution in [0, 0.1) is 0 Å². The van der Waals surface area contributed by atoms with Crippen molar-refractivity contribution in [2.24, 2.45) is 0 Å². The maximum Gasteiger partial charge on any atom is 0.346 e. The molecule has 1 aromatic rings. The Morgan fingerprint density at radius 2 is 1.94 bits per heavy atom. The Bertz CT molecular complexity index is 435. The molecule has 0 bridgehead atoms. The lowest BCUT2D eigenvalue weighted by atomic mass is 10.1. The molecule has 0 aliphatic rings. The Kier molecular flexibility index (Phi) is 4.03. The van der Waals surface area contributed by atoms with E-state index in [1.54, 1.807) is 32.9 Å². The molecule has 0 aliphatic heterocycles. The van der Waals surface area contributed by atoms with Gasteiger partial charge in [-0.1, -0.05) is 0 Å². The molecule has 5 heteroatoms. The summed E-state index contributed by atoms with van der Waals surface area (Å²) in [6, 6.07) is 3.19. The van der Waals surface area contributed by atoms with Gasteiger partial charge in [-0.2, -0.15) is 0 Å². The largest absolute Gasteiger partial charge is 0.506 e. The van der Waals surface area contributed by atoms with E-state index in [0.29, 0.717) is 4.47 Å². The fourth-order valence-corrected chi connectivity index (χ4v) is 1.57. The molecule has 0 saturated carbocycles. The first kappa shape index (κ1) is 13.8. The van der Waals surface area contributed by atoms with Crippen LogP contribution in [0.25, 0.3) is 0 Å². The van der Waals surface area contributed by atoms with Crippen LogP contribution in [-0.4, -0.2) is 23.8 Å². The molecule has 0 heterocycles. The smallest absolute Gasteiger partial charge is 0.346 e. The van der Waals surface area contributed by atoms with Crippen molar-refractivity contribution in [2.75, 3.05) is 7.11 Å². The highest BCUT2D eigenvalue weighted by atomic mass is 79.9. The molecule has 94 valence electrons. The summed E-state index contributed by atoms with van der Waals surface area (Å²) in [5, 5.41) is 9.85. The van der Waals surface area contributed by atoms with E-state index in [-0.39, 0.29) is 17.1 Å². The minimum Gasteiger partial charge on any atom is -0.506 e. The Labute approximate surface area is 109 Å². The van der Waals surface area contributed by atoms with Gasteiger partial charge in [-0.25, -0.2) is 4.79 Å². The van der Waals surface area contributed by atoms with Crippen LogP contribution in [0.3, 0.4) is 0 Å². The molecule has 0 fully saturated rings. The highest BCUT2D eigenvalue weighted by Crippen LogP contribution is 2.35. The van der Waals surface area contributed by atoms with Crippen LogP contribution in [0.2, 0.25) is 0 Å². The van der Waals surface area contributed by atoms with Crippen LogP contribution in [0.1, 0.15) is 31.1 Å². The predicted octanol–water partition coefficient (Wildman–Crippen LogP) is 3.12. The molecule has 0 amide bonds.